The van der Waals surface area contributed by atoms with E-state index in [1.807, 2.05) is 36.4 Å². The first-order valence-electron chi connectivity index (χ1n) is 4.04. The molecule has 1 aromatic carbocycles. The molecule has 1 aromatic rings. The van der Waals surface area contributed by atoms with Gasteiger partial charge in [0.25, 0.3) is 0 Å². The standard InChI is InChI=1S/C10H12N2O/c11-12-10(13)8-4-7-9-5-2-1-3-6-9/h1-7H,8,11H2,(H,12,13). The molecule has 0 heterocycles. The van der Waals surface area contributed by atoms with Crippen molar-refractivity contribution >= 4 is 12.0 Å². The summed E-state index contributed by atoms with van der Waals surface area (Å²) in [6, 6.07) is 9.78. The molecule has 0 spiro atoms. The van der Waals surface area contributed by atoms with Crippen molar-refractivity contribution in [3.8, 4) is 0 Å². The van der Waals surface area contributed by atoms with Crippen molar-refractivity contribution in [2.45, 2.75) is 6.42 Å². The van der Waals surface area contributed by atoms with E-state index in [4.69, 9.17) is 5.84 Å². The van der Waals surface area contributed by atoms with E-state index in [0.717, 1.165) is 5.56 Å². The van der Waals surface area contributed by atoms with Crippen LogP contribution in [0.15, 0.2) is 36.4 Å². The lowest BCUT2D eigenvalue weighted by molar-refractivity contribution is -0.120. The number of amides is 1. The van der Waals surface area contributed by atoms with Crippen LogP contribution >= 0.6 is 0 Å². The second-order valence-electron chi connectivity index (χ2n) is 2.58. The van der Waals surface area contributed by atoms with E-state index in [0.29, 0.717) is 6.42 Å². The van der Waals surface area contributed by atoms with Crippen LogP contribution in [0.3, 0.4) is 0 Å². The predicted molar refractivity (Wildman–Crippen MR) is 52.4 cm³/mol. The maximum atomic E-state index is 10.7. The highest BCUT2D eigenvalue weighted by Gasteiger charge is 1.91. The van der Waals surface area contributed by atoms with Gasteiger partial charge in [0.2, 0.25) is 5.91 Å². The lowest BCUT2D eigenvalue weighted by Gasteiger charge is -1.93. The van der Waals surface area contributed by atoms with Gasteiger partial charge in [-0.25, -0.2) is 5.84 Å². The SMILES string of the molecule is NNC(=O)CC=Cc1ccccc1. The molecule has 13 heavy (non-hydrogen) atoms. The number of carbonyl (C=O) groups excluding carboxylic acids is 1. The summed E-state index contributed by atoms with van der Waals surface area (Å²) in [5.74, 6) is 4.73. The maximum Gasteiger partial charge on any atom is 0.237 e. The number of nitrogens with one attached hydrogen (secondary N) is 1. The Labute approximate surface area is 77.2 Å². The van der Waals surface area contributed by atoms with Crippen LogP contribution in [0.4, 0.5) is 0 Å². The predicted octanol–water partition coefficient (Wildman–Crippen LogP) is 1.08. The summed E-state index contributed by atoms with van der Waals surface area (Å²) in [4.78, 5) is 10.7. The lowest BCUT2D eigenvalue weighted by Crippen LogP contribution is -2.29. The van der Waals surface area contributed by atoms with Crippen LogP contribution in [0.25, 0.3) is 6.08 Å². The van der Waals surface area contributed by atoms with Gasteiger partial charge in [0.05, 0.1) is 0 Å². The quantitative estimate of drug-likeness (QED) is 0.411. The smallest absolute Gasteiger partial charge is 0.237 e. The Morgan fingerprint density at radius 1 is 1.38 bits per heavy atom. The number of carbonyl (C=O) groups is 1. The highest BCUT2D eigenvalue weighted by Crippen LogP contribution is 2.01. The Balaban J connectivity index is 2.45. The third-order valence-electron chi connectivity index (χ3n) is 1.57. The normalized spacial score (nSPS) is 10.2. The third kappa shape index (κ3) is 3.53. The van der Waals surface area contributed by atoms with Crippen LogP contribution < -0.4 is 11.3 Å². The number of hydrogen-bond acceptors (Lipinski definition) is 2. The second kappa shape index (κ2) is 5.11. The minimum atomic E-state index is -0.188. The molecule has 3 nitrogen and oxygen atoms in total. The first kappa shape index (κ1) is 9.48. The molecule has 3 heteroatoms. The Hall–Kier alpha value is -1.61. The number of hydrogen-bond donors (Lipinski definition) is 2. The summed E-state index contributed by atoms with van der Waals surface area (Å²) in [5, 5.41) is 0. The zero-order chi connectivity index (χ0) is 9.52. The molecule has 0 radical (unpaired) electrons. The zero-order valence-corrected chi connectivity index (χ0v) is 7.23. The zero-order valence-electron chi connectivity index (χ0n) is 7.23. The van der Waals surface area contributed by atoms with Gasteiger partial charge >= 0.3 is 0 Å². The highest BCUT2D eigenvalue weighted by molar-refractivity contribution is 5.77. The monoisotopic (exact) mass is 176 g/mol. The average molecular weight is 176 g/mol. The van der Waals surface area contributed by atoms with Gasteiger partial charge in [-0.15, -0.1) is 0 Å². The van der Waals surface area contributed by atoms with Crippen molar-refractivity contribution in [2.75, 3.05) is 0 Å². The summed E-state index contributed by atoms with van der Waals surface area (Å²) in [5.41, 5.74) is 3.14. The molecule has 0 unspecified atom stereocenters. The van der Waals surface area contributed by atoms with Gasteiger partial charge in [-0.05, 0) is 5.56 Å². The fraction of sp³-hybridized carbons (Fsp3) is 0.100. The molecule has 0 atom stereocenters. The fourth-order valence-electron chi connectivity index (χ4n) is 0.925. The van der Waals surface area contributed by atoms with Gasteiger partial charge < -0.3 is 0 Å². The van der Waals surface area contributed by atoms with E-state index in [1.54, 1.807) is 6.08 Å². The van der Waals surface area contributed by atoms with E-state index in [1.165, 1.54) is 0 Å². The van der Waals surface area contributed by atoms with Crippen molar-refractivity contribution in [1.29, 1.82) is 0 Å². The Kier molecular flexibility index (Phi) is 3.73. The summed E-state index contributed by atoms with van der Waals surface area (Å²) < 4.78 is 0. The fourth-order valence-corrected chi connectivity index (χ4v) is 0.925. The van der Waals surface area contributed by atoms with Crippen LogP contribution in [0.1, 0.15) is 12.0 Å². The largest absolute Gasteiger partial charge is 0.294 e. The van der Waals surface area contributed by atoms with Crippen molar-refractivity contribution in [3.63, 3.8) is 0 Å². The average Bonchev–Trinajstić information content (AvgIpc) is 2.19. The molecule has 68 valence electrons. The molecule has 3 N–H and O–H groups in total. The molecular weight excluding hydrogens is 164 g/mol. The summed E-state index contributed by atoms with van der Waals surface area (Å²) in [6.45, 7) is 0. The first-order chi connectivity index (χ1) is 6.33. The molecule has 0 aliphatic carbocycles. The van der Waals surface area contributed by atoms with E-state index >= 15 is 0 Å². The molecule has 1 rings (SSSR count). The van der Waals surface area contributed by atoms with Crippen LogP contribution in [-0.4, -0.2) is 5.91 Å². The van der Waals surface area contributed by atoms with Crippen molar-refractivity contribution < 1.29 is 4.79 Å². The van der Waals surface area contributed by atoms with Crippen molar-refractivity contribution in [2.24, 2.45) is 5.84 Å². The Morgan fingerprint density at radius 3 is 2.69 bits per heavy atom. The second-order valence-corrected chi connectivity index (χ2v) is 2.58. The summed E-state index contributed by atoms with van der Waals surface area (Å²) >= 11 is 0. The molecule has 0 aliphatic heterocycles. The van der Waals surface area contributed by atoms with Gasteiger partial charge in [-0.2, -0.15) is 0 Å². The van der Waals surface area contributed by atoms with Gasteiger partial charge in [-0.3, -0.25) is 10.2 Å². The van der Waals surface area contributed by atoms with Gasteiger partial charge in [0, 0.05) is 6.42 Å². The third-order valence-corrected chi connectivity index (χ3v) is 1.57. The van der Waals surface area contributed by atoms with Crippen LogP contribution in [-0.2, 0) is 4.79 Å². The lowest BCUT2D eigenvalue weighted by atomic mass is 10.2. The van der Waals surface area contributed by atoms with E-state index in [2.05, 4.69) is 5.43 Å². The van der Waals surface area contributed by atoms with Crippen LogP contribution in [0.5, 0.6) is 0 Å². The van der Waals surface area contributed by atoms with Crippen LogP contribution in [0.2, 0.25) is 0 Å². The van der Waals surface area contributed by atoms with E-state index in [9.17, 15) is 4.79 Å². The molecule has 0 aliphatic rings. The van der Waals surface area contributed by atoms with E-state index in [-0.39, 0.29) is 5.91 Å². The minimum absolute atomic E-state index is 0.188. The molecule has 0 bridgehead atoms. The Bertz CT molecular complexity index is 293. The maximum absolute atomic E-state index is 10.7. The van der Waals surface area contributed by atoms with Crippen LogP contribution in [0, 0.1) is 0 Å². The first-order valence-corrected chi connectivity index (χ1v) is 4.04. The van der Waals surface area contributed by atoms with Gasteiger partial charge in [0.15, 0.2) is 0 Å². The molecule has 0 aromatic heterocycles. The summed E-state index contributed by atoms with van der Waals surface area (Å²) in [6.07, 6.45) is 3.97. The number of rotatable bonds is 3. The molecular formula is C10H12N2O. The number of benzene rings is 1. The van der Waals surface area contributed by atoms with Crippen molar-refractivity contribution in [3.05, 3.63) is 42.0 Å². The molecule has 1 amide bonds. The van der Waals surface area contributed by atoms with E-state index < -0.39 is 0 Å². The minimum Gasteiger partial charge on any atom is -0.294 e. The van der Waals surface area contributed by atoms with Gasteiger partial charge in [-0.1, -0.05) is 42.5 Å². The summed E-state index contributed by atoms with van der Waals surface area (Å²) in [7, 11) is 0. The van der Waals surface area contributed by atoms with Crippen molar-refractivity contribution in [1.82, 2.24) is 5.43 Å². The molecule has 0 saturated heterocycles. The van der Waals surface area contributed by atoms with Gasteiger partial charge in [0.1, 0.15) is 0 Å². The highest BCUT2D eigenvalue weighted by atomic mass is 16.2. The number of nitrogens with two attached hydrogens (primary N) is 1. The molecule has 0 fully saturated rings. The molecule has 0 saturated carbocycles. The Morgan fingerprint density at radius 2 is 2.08 bits per heavy atom. The topological polar surface area (TPSA) is 55.1 Å². The number of hydrazine groups is 1.